The van der Waals surface area contributed by atoms with Crippen LogP contribution in [-0.4, -0.2) is 23.5 Å². The summed E-state index contributed by atoms with van der Waals surface area (Å²) in [6, 6.07) is 4.10. The number of alkyl halides is 1. The van der Waals surface area contributed by atoms with Crippen molar-refractivity contribution in [1.82, 2.24) is 4.98 Å². The third-order valence-electron chi connectivity index (χ3n) is 2.45. The molecule has 0 aromatic carbocycles. The lowest BCUT2D eigenvalue weighted by Gasteiger charge is -2.30. The van der Waals surface area contributed by atoms with Crippen molar-refractivity contribution < 1.29 is 0 Å². The van der Waals surface area contributed by atoms with E-state index >= 15 is 0 Å². The molecule has 0 unspecified atom stereocenters. The summed E-state index contributed by atoms with van der Waals surface area (Å²) in [4.78, 5) is 6.36. The molecule has 0 amide bonds. The molecule has 70 valence electrons. The fourth-order valence-electron chi connectivity index (χ4n) is 1.66. The first-order valence-corrected chi connectivity index (χ1v) is 5.09. The number of hydrogen-bond acceptors (Lipinski definition) is 2. The number of aromatic nitrogens is 1. The van der Waals surface area contributed by atoms with Crippen molar-refractivity contribution in [1.29, 1.82) is 0 Å². The average Bonchev–Trinajstić information content (AvgIpc) is 2.20. The van der Waals surface area contributed by atoms with Gasteiger partial charge in [0.25, 0.3) is 0 Å². The van der Waals surface area contributed by atoms with Crippen LogP contribution in [-0.2, 0) is 0 Å². The first-order valence-electron chi connectivity index (χ1n) is 4.65. The number of nitrogens with zero attached hydrogens (tertiary/aromatic N) is 2. The molecule has 1 aliphatic heterocycles. The molecule has 13 heavy (non-hydrogen) atoms. The summed E-state index contributed by atoms with van der Waals surface area (Å²) in [6.07, 6.45) is 5.85. The standard InChI is InChI=1S/C10H13ClN2/c11-9-3-7-13(8-4-9)10-1-5-12-6-2-10/h1-2,5-6,9H,3-4,7-8H2. The molecule has 0 bridgehead atoms. The Morgan fingerprint density at radius 1 is 1.23 bits per heavy atom. The molecule has 1 fully saturated rings. The van der Waals surface area contributed by atoms with Gasteiger partial charge in [-0.2, -0.15) is 0 Å². The van der Waals surface area contributed by atoms with Gasteiger partial charge in [-0.1, -0.05) is 0 Å². The maximum absolute atomic E-state index is 6.03. The second-order valence-electron chi connectivity index (χ2n) is 3.37. The summed E-state index contributed by atoms with van der Waals surface area (Å²) in [5.74, 6) is 0. The molecule has 0 N–H and O–H groups in total. The quantitative estimate of drug-likeness (QED) is 0.641. The Bertz CT molecular complexity index is 255. The van der Waals surface area contributed by atoms with E-state index in [9.17, 15) is 0 Å². The molecule has 2 nitrogen and oxygen atoms in total. The van der Waals surface area contributed by atoms with Crippen LogP contribution >= 0.6 is 11.6 Å². The van der Waals surface area contributed by atoms with Gasteiger partial charge in [0.1, 0.15) is 0 Å². The maximum atomic E-state index is 6.03. The van der Waals surface area contributed by atoms with Gasteiger partial charge in [-0.25, -0.2) is 0 Å². The predicted molar refractivity (Wildman–Crippen MR) is 55.3 cm³/mol. The van der Waals surface area contributed by atoms with Gasteiger partial charge in [0, 0.05) is 36.5 Å². The molecule has 0 aliphatic carbocycles. The number of halogens is 1. The summed E-state index contributed by atoms with van der Waals surface area (Å²) >= 11 is 6.03. The van der Waals surface area contributed by atoms with Crippen molar-refractivity contribution in [3.8, 4) is 0 Å². The van der Waals surface area contributed by atoms with E-state index in [1.54, 1.807) is 0 Å². The Morgan fingerprint density at radius 2 is 1.85 bits per heavy atom. The van der Waals surface area contributed by atoms with E-state index in [-0.39, 0.29) is 0 Å². The number of hydrogen-bond donors (Lipinski definition) is 0. The van der Waals surface area contributed by atoms with Crippen molar-refractivity contribution in [3.63, 3.8) is 0 Å². The monoisotopic (exact) mass is 196 g/mol. The van der Waals surface area contributed by atoms with Gasteiger partial charge in [-0.15, -0.1) is 11.6 Å². The highest BCUT2D eigenvalue weighted by atomic mass is 35.5. The summed E-state index contributed by atoms with van der Waals surface area (Å²) in [5, 5.41) is 0.373. The number of piperidine rings is 1. The van der Waals surface area contributed by atoms with Crippen LogP contribution in [0.5, 0.6) is 0 Å². The van der Waals surface area contributed by atoms with Gasteiger partial charge in [0.15, 0.2) is 0 Å². The molecule has 1 aromatic heterocycles. The van der Waals surface area contributed by atoms with Gasteiger partial charge in [-0.3, -0.25) is 4.98 Å². The first kappa shape index (κ1) is 8.82. The molecule has 2 heterocycles. The van der Waals surface area contributed by atoms with Crippen LogP contribution in [0, 0.1) is 0 Å². The lowest BCUT2D eigenvalue weighted by molar-refractivity contribution is 0.585. The SMILES string of the molecule is ClC1CCN(c2ccncc2)CC1. The van der Waals surface area contributed by atoms with Gasteiger partial charge < -0.3 is 4.90 Å². The second kappa shape index (κ2) is 3.97. The lowest BCUT2D eigenvalue weighted by Crippen LogP contribution is -2.33. The van der Waals surface area contributed by atoms with Crippen LogP contribution in [0.15, 0.2) is 24.5 Å². The lowest BCUT2D eigenvalue weighted by atomic mass is 10.1. The molecule has 1 aliphatic rings. The zero-order valence-electron chi connectivity index (χ0n) is 7.49. The van der Waals surface area contributed by atoms with Crippen LogP contribution in [0.2, 0.25) is 0 Å². The Kier molecular flexibility index (Phi) is 2.69. The van der Waals surface area contributed by atoms with Crippen molar-refractivity contribution >= 4 is 17.3 Å². The average molecular weight is 197 g/mol. The Morgan fingerprint density at radius 3 is 2.46 bits per heavy atom. The maximum Gasteiger partial charge on any atom is 0.0397 e. The molecule has 0 saturated carbocycles. The number of rotatable bonds is 1. The Hall–Kier alpha value is -0.760. The van der Waals surface area contributed by atoms with Gasteiger partial charge in [0.05, 0.1) is 0 Å². The molecule has 2 rings (SSSR count). The second-order valence-corrected chi connectivity index (χ2v) is 3.98. The van der Waals surface area contributed by atoms with Crippen LogP contribution in [0.25, 0.3) is 0 Å². The van der Waals surface area contributed by atoms with E-state index in [0.29, 0.717) is 5.38 Å². The fraction of sp³-hybridized carbons (Fsp3) is 0.500. The highest BCUT2D eigenvalue weighted by Gasteiger charge is 2.16. The highest BCUT2D eigenvalue weighted by molar-refractivity contribution is 6.20. The predicted octanol–water partition coefficient (Wildman–Crippen LogP) is 2.29. The number of pyridine rings is 1. The van der Waals surface area contributed by atoms with Gasteiger partial charge in [0.2, 0.25) is 0 Å². The molecule has 3 heteroatoms. The zero-order valence-corrected chi connectivity index (χ0v) is 8.24. The Balaban J connectivity index is 2.03. The topological polar surface area (TPSA) is 16.1 Å². The molecule has 0 radical (unpaired) electrons. The van der Waals surface area contributed by atoms with Crippen LogP contribution in [0.4, 0.5) is 5.69 Å². The zero-order chi connectivity index (χ0) is 9.10. The van der Waals surface area contributed by atoms with E-state index in [1.165, 1.54) is 5.69 Å². The van der Waals surface area contributed by atoms with E-state index in [2.05, 4.69) is 22.0 Å². The Labute approximate surface area is 83.5 Å². The summed E-state index contributed by atoms with van der Waals surface area (Å²) in [7, 11) is 0. The molecular weight excluding hydrogens is 184 g/mol. The van der Waals surface area contributed by atoms with Gasteiger partial charge in [-0.05, 0) is 25.0 Å². The van der Waals surface area contributed by atoms with E-state index in [4.69, 9.17) is 11.6 Å². The van der Waals surface area contributed by atoms with Crippen molar-refractivity contribution in [3.05, 3.63) is 24.5 Å². The smallest absolute Gasteiger partial charge is 0.0397 e. The normalized spacial score (nSPS) is 19.0. The minimum atomic E-state index is 0.373. The van der Waals surface area contributed by atoms with E-state index in [0.717, 1.165) is 25.9 Å². The minimum Gasteiger partial charge on any atom is -0.371 e. The third kappa shape index (κ3) is 2.13. The summed E-state index contributed by atoms with van der Waals surface area (Å²) in [5.41, 5.74) is 1.26. The molecule has 0 atom stereocenters. The number of anilines is 1. The van der Waals surface area contributed by atoms with Crippen LogP contribution < -0.4 is 4.90 Å². The molecule has 0 spiro atoms. The van der Waals surface area contributed by atoms with E-state index < -0.39 is 0 Å². The van der Waals surface area contributed by atoms with Crippen molar-refractivity contribution in [2.75, 3.05) is 18.0 Å². The fourth-order valence-corrected chi connectivity index (χ4v) is 1.86. The molecule has 1 saturated heterocycles. The molecular formula is C10H13ClN2. The van der Waals surface area contributed by atoms with Gasteiger partial charge >= 0.3 is 0 Å². The van der Waals surface area contributed by atoms with Crippen LogP contribution in [0.1, 0.15) is 12.8 Å². The van der Waals surface area contributed by atoms with Crippen LogP contribution in [0.3, 0.4) is 0 Å². The summed E-state index contributed by atoms with van der Waals surface area (Å²) < 4.78 is 0. The van der Waals surface area contributed by atoms with E-state index in [1.807, 2.05) is 12.4 Å². The van der Waals surface area contributed by atoms with Crippen molar-refractivity contribution in [2.24, 2.45) is 0 Å². The molecule has 1 aromatic rings. The first-order chi connectivity index (χ1) is 6.36. The third-order valence-corrected chi connectivity index (χ3v) is 2.89. The van der Waals surface area contributed by atoms with Crippen molar-refractivity contribution in [2.45, 2.75) is 18.2 Å². The highest BCUT2D eigenvalue weighted by Crippen LogP contribution is 2.21. The minimum absolute atomic E-state index is 0.373. The summed E-state index contributed by atoms with van der Waals surface area (Å²) in [6.45, 7) is 2.14. The largest absolute Gasteiger partial charge is 0.371 e.